The number of nitrogens with one attached hydrogen (secondary N) is 1. The summed E-state index contributed by atoms with van der Waals surface area (Å²) in [6.07, 6.45) is 0.222. The summed E-state index contributed by atoms with van der Waals surface area (Å²) in [7, 11) is 0. The van der Waals surface area contributed by atoms with E-state index in [0.717, 1.165) is 16.7 Å². The molecule has 5 heteroatoms. The molecule has 0 aliphatic carbocycles. The molecule has 0 fully saturated rings. The molecule has 1 aromatic heterocycles. The summed E-state index contributed by atoms with van der Waals surface area (Å²) in [6, 6.07) is 15.3. The zero-order valence-corrected chi connectivity index (χ0v) is 15.3. The third kappa shape index (κ3) is 3.82. The molecule has 0 saturated heterocycles. The number of anilines is 1. The quantitative estimate of drug-likeness (QED) is 0.761. The van der Waals surface area contributed by atoms with Gasteiger partial charge in [0.25, 0.3) is 5.56 Å². The second-order valence-electron chi connectivity index (χ2n) is 6.72. The maximum absolute atomic E-state index is 12.4. The van der Waals surface area contributed by atoms with E-state index in [2.05, 4.69) is 24.1 Å². The van der Waals surface area contributed by atoms with Gasteiger partial charge in [-0.2, -0.15) is 0 Å². The van der Waals surface area contributed by atoms with Crippen LogP contribution in [0.25, 0.3) is 11.0 Å². The second kappa shape index (κ2) is 7.52. The number of benzene rings is 2. The van der Waals surface area contributed by atoms with E-state index in [9.17, 15) is 9.59 Å². The van der Waals surface area contributed by atoms with Gasteiger partial charge in [0.05, 0.1) is 11.0 Å². The highest BCUT2D eigenvalue weighted by atomic mass is 16.2. The monoisotopic (exact) mass is 349 g/mol. The first kappa shape index (κ1) is 17.9. The molecule has 1 amide bonds. The molecule has 0 atom stereocenters. The van der Waals surface area contributed by atoms with Crippen LogP contribution in [0.4, 0.5) is 5.69 Å². The minimum absolute atomic E-state index is 0.118. The maximum Gasteiger partial charge on any atom is 0.272 e. The maximum atomic E-state index is 12.4. The second-order valence-corrected chi connectivity index (χ2v) is 6.72. The van der Waals surface area contributed by atoms with Gasteiger partial charge in [0.1, 0.15) is 5.69 Å². The standard InChI is InChI=1S/C21H23N3O2/c1-14(2)16-8-10-17(11-9-16)23-20(25)12-13-24-19-7-5-4-6-18(19)22-15(3)21(24)26/h4-11,14H,12-13H2,1-3H3,(H,23,25). The van der Waals surface area contributed by atoms with E-state index in [4.69, 9.17) is 0 Å². The van der Waals surface area contributed by atoms with Crippen molar-refractivity contribution in [2.24, 2.45) is 0 Å². The first-order chi connectivity index (χ1) is 12.5. The van der Waals surface area contributed by atoms with E-state index in [1.807, 2.05) is 48.5 Å². The van der Waals surface area contributed by atoms with Crippen molar-refractivity contribution in [3.63, 3.8) is 0 Å². The first-order valence-corrected chi connectivity index (χ1v) is 8.81. The number of aromatic nitrogens is 2. The SMILES string of the molecule is Cc1nc2ccccc2n(CCC(=O)Nc2ccc(C(C)C)cc2)c1=O. The lowest BCUT2D eigenvalue weighted by Crippen LogP contribution is -2.26. The summed E-state index contributed by atoms with van der Waals surface area (Å²) >= 11 is 0. The molecule has 0 spiro atoms. The lowest BCUT2D eigenvalue weighted by molar-refractivity contribution is -0.116. The van der Waals surface area contributed by atoms with Crippen molar-refractivity contribution < 1.29 is 4.79 Å². The van der Waals surface area contributed by atoms with Crippen LogP contribution in [0.3, 0.4) is 0 Å². The summed E-state index contributed by atoms with van der Waals surface area (Å²) < 4.78 is 1.62. The summed E-state index contributed by atoms with van der Waals surface area (Å²) in [5, 5.41) is 2.89. The fourth-order valence-corrected chi connectivity index (χ4v) is 2.93. The number of carbonyl (C=O) groups excluding carboxylic acids is 1. The Bertz CT molecular complexity index is 988. The highest BCUT2D eigenvalue weighted by Crippen LogP contribution is 2.17. The third-order valence-electron chi connectivity index (χ3n) is 4.44. The van der Waals surface area contributed by atoms with Crippen LogP contribution in [0.2, 0.25) is 0 Å². The van der Waals surface area contributed by atoms with E-state index in [1.165, 1.54) is 5.56 Å². The van der Waals surface area contributed by atoms with E-state index in [0.29, 0.717) is 18.2 Å². The van der Waals surface area contributed by atoms with Crippen LogP contribution >= 0.6 is 0 Å². The Morgan fingerprint density at radius 1 is 1.12 bits per heavy atom. The molecule has 3 rings (SSSR count). The summed E-state index contributed by atoms with van der Waals surface area (Å²) in [6.45, 7) is 6.28. The number of aryl methyl sites for hydroxylation is 2. The van der Waals surface area contributed by atoms with E-state index in [-0.39, 0.29) is 17.9 Å². The topological polar surface area (TPSA) is 64.0 Å². The van der Waals surface area contributed by atoms with Gasteiger partial charge in [-0.1, -0.05) is 38.1 Å². The number of amides is 1. The minimum atomic E-state index is -0.155. The molecule has 134 valence electrons. The molecule has 0 unspecified atom stereocenters. The molecule has 2 aromatic carbocycles. The zero-order chi connectivity index (χ0) is 18.7. The van der Waals surface area contributed by atoms with Crippen molar-refractivity contribution in [1.82, 2.24) is 9.55 Å². The smallest absolute Gasteiger partial charge is 0.272 e. The highest BCUT2D eigenvalue weighted by molar-refractivity contribution is 5.90. The van der Waals surface area contributed by atoms with Crippen LogP contribution in [0.1, 0.15) is 37.4 Å². The average molecular weight is 349 g/mol. The lowest BCUT2D eigenvalue weighted by Gasteiger charge is -2.12. The van der Waals surface area contributed by atoms with Gasteiger partial charge in [-0.3, -0.25) is 9.59 Å². The number of fused-ring (bicyclic) bond motifs is 1. The molecule has 0 saturated carbocycles. The molecule has 1 N–H and O–H groups in total. The van der Waals surface area contributed by atoms with E-state index < -0.39 is 0 Å². The van der Waals surface area contributed by atoms with Crippen molar-refractivity contribution in [3.05, 3.63) is 70.1 Å². The van der Waals surface area contributed by atoms with Gasteiger partial charge in [0.15, 0.2) is 0 Å². The molecule has 0 aliphatic rings. The van der Waals surface area contributed by atoms with Gasteiger partial charge >= 0.3 is 0 Å². The van der Waals surface area contributed by atoms with Gasteiger partial charge in [-0.25, -0.2) is 4.98 Å². The molecule has 0 aliphatic heterocycles. The molecular weight excluding hydrogens is 326 g/mol. The van der Waals surface area contributed by atoms with Crippen molar-refractivity contribution in [3.8, 4) is 0 Å². The first-order valence-electron chi connectivity index (χ1n) is 8.81. The number of hydrogen-bond donors (Lipinski definition) is 1. The van der Waals surface area contributed by atoms with Crippen LogP contribution in [-0.2, 0) is 11.3 Å². The Balaban J connectivity index is 1.73. The van der Waals surface area contributed by atoms with Crippen LogP contribution in [0.5, 0.6) is 0 Å². The third-order valence-corrected chi connectivity index (χ3v) is 4.44. The van der Waals surface area contributed by atoms with Crippen LogP contribution in [0, 0.1) is 6.92 Å². The molecule has 3 aromatic rings. The predicted octanol–water partition coefficient (Wildman–Crippen LogP) is 3.86. The van der Waals surface area contributed by atoms with Gasteiger partial charge < -0.3 is 9.88 Å². The number of carbonyl (C=O) groups is 1. The highest BCUT2D eigenvalue weighted by Gasteiger charge is 2.10. The normalized spacial score (nSPS) is 11.1. The largest absolute Gasteiger partial charge is 0.326 e. The van der Waals surface area contributed by atoms with Gasteiger partial charge in [-0.15, -0.1) is 0 Å². The molecule has 0 radical (unpaired) electrons. The summed E-state index contributed by atoms with van der Waals surface area (Å²) in [5.41, 5.74) is 3.79. The zero-order valence-electron chi connectivity index (χ0n) is 15.3. The van der Waals surface area contributed by atoms with Crippen LogP contribution in [0.15, 0.2) is 53.3 Å². The number of rotatable bonds is 5. The summed E-state index contributed by atoms with van der Waals surface area (Å²) in [4.78, 5) is 29.0. The molecule has 5 nitrogen and oxygen atoms in total. The lowest BCUT2D eigenvalue weighted by atomic mass is 10.0. The average Bonchev–Trinajstić information content (AvgIpc) is 2.62. The Labute approximate surface area is 152 Å². The van der Waals surface area contributed by atoms with Crippen molar-refractivity contribution in [1.29, 1.82) is 0 Å². The van der Waals surface area contributed by atoms with Crippen molar-refractivity contribution in [2.75, 3.05) is 5.32 Å². The van der Waals surface area contributed by atoms with Gasteiger partial charge in [0, 0.05) is 18.7 Å². The molecular formula is C21H23N3O2. The fourth-order valence-electron chi connectivity index (χ4n) is 2.93. The van der Waals surface area contributed by atoms with Crippen LogP contribution < -0.4 is 10.9 Å². The van der Waals surface area contributed by atoms with E-state index in [1.54, 1.807) is 11.5 Å². The van der Waals surface area contributed by atoms with E-state index >= 15 is 0 Å². The number of para-hydroxylation sites is 2. The number of hydrogen-bond acceptors (Lipinski definition) is 3. The van der Waals surface area contributed by atoms with Crippen molar-refractivity contribution in [2.45, 2.75) is 39.7 Å². The Morgan fingerprint density at radius 2 is 1.81 bits per heavy atom. The number of nitrogens with zero attached hydrogens (tertiary/aromatic N) is 2. The minimum Gasteiger partial charge on any atom is -0.326 e. The Kier molecular flexibility index (Phi) is 5.16. The van der Waals surface area contributed by atoms with Crippen LogP contribution in [-0.4, -0.2) is 15.5 Å². The predicted molar refractivity (Wildman–Crippen MR) is 105 cm³/mol. The Morgan fingerprint density at radius 3 is 2.50 bits per heavy atom. The Hall–Kier alpha value is -2.95. The van der Waals surface area contributed by atoms with Gasteiger partial charge in [-0.05, 0) is 42.7 Å². The fraction of sp³-hybridized carbons (Fsp3) is 0.286. The summed E-state index contributed by atoms with van der Waals surface area (Å²) in [5.74, 6) is 0.336. The molecule has 26 heavy (non-hydrogen) atoms. The van der Waals surface area contributed by atoms with Crippen molar-refractivity contribution >= 4 is 22.6 Å². The molecule has 1 heterocycles. The molecule has 0 bridgehead atoms. The van der Waals surface area contributed by atoms with Gasteiger partial charge in [0.2, 0.25) is 5.91 Å².